The quantitative estimate of drug-likeness (QED) is 0.691. The van der Waals surface area contributed by atoms with E-state index in [0.29, 0.717) is 18.6 Å². The van der Waals surface area contributed by atoms with Crippen LogP contribution >= 0.6 is 0 Å². The number of aryl methyl sites for hydroxylation is 1. The van der Waals surface area contributed by atoms with Crippen molar-refractivity contribution in [1.29, 1.82) is 0 Å². The van der Waals surface area contributed by atoms with Crippen molar-refractivity contribution in [3.63, 3.8) is 0 Å². The molecule has 0 aliphatic carbocycles. The van der Waals surface area contributed by atoms with Gasteiger partial charge in [0.05, 0.1) is 5.69 Å². The number of aliphatic hydroxyl groups is 1. The van der Waals surface area contributed by atoms with Crippen LogP contribution in [-0.4, -0.2) is 53.3 Å². The van der Waals surface area contributed by atoms with Crippen molar-refractivity contribution in [1.82, 2.24) is 10.2 Å². The monoisotopic (exact) mass is 389 g/mol. The number of rotatable bonds is 6. The van der Waals surface area contributed by atoms with E-state index >= 15 is 0 Å². The fraction of sp³-hybridized carbons (Fsp3) is 0.619. The average molecular weight is 389 g/mol. The van der Waals surface area contributed by atoms with Gasteiger partial charge < -0.3 is 25.4 Å². The van der Waals surface area contributed by atoms with E-state index in [2.05, 4.69) is 10.6 Å². The minimum atomic E-state index is -1.08. The lowest BCUT2D eigenvalue weighted by molar-refractivity contribution is -0.135. The van der Waals surface area contributed by atoms with Crippen molar-refractivity contribution in [2.24, 2.45) is 5.92 Å². The number of nitrogens with zero attached hydrogens (tertiary/aromatic N) is 1. The van der Waals surface area contributed by atoms with E-state index in [0.717, 1.165) is 37.2 Å². The van der Waals surface area contributed by atoms with Crippen LogP contribution in [0.25, 0.3) is 0 Å². The molecule has 0 aromatic heterocycles. The molecule has 1 aromatic rings. The maximum absolute atomic E-state index is 12.3. The Bertz CT molecular complexity index is 730. The Balaban J connectivity index is 1.51. The van der Waals surface area contributed by atoms with Gasteiger partial charge in [0.25, 0.3) is 0 Å². The van der Waals surface area contributed by atoms with E-state index in [9.17, 15) is 14.7 Å². The molecule has 2 aliphatic rings. The number of hydrogen-bond acceptors (Lipinski definition) is 5. The summed E-state index contributed by atoms with van der Waals surface area (Å²) in [6.45, 7) is 7.36. The van der Waals surface area contributed by atoms with Gasteiger partial charge in [-0.2, -0.15) is 0 Å². The lowest BCUT2D eigenvalue weighted by Crippen LogP contribution is -2.50. The van der Waals surface area contributed by atoms with Gasteiger partial charge in [-0.1, -0.05) is 19.9 Å². The van der Waals surface area contributed by atoms with Gasteiger partial charge in [0.15, 0.2) is 5.72 Å². The van der Waals surface area contributed by atoms with Crippen LogP contribution in [0.4, 0.5) is 5.69 Å². The normalized spacial score (nSPS) is 22.2. The molecule has 0 spiro atoms. The van der Waals surface area contributed by atoms with Crippen LogP contribution in [0.15, 0.2) is 18.2 Å². The second-order valence-electron chi connectivity index (χ2n) is 8.14. The number of amides is 2. The lowest BCUT2D eigenvalue weighted by atomic mass is 9.98. The van der Waals surface area contributed by atoms with Gasteiger partial charge in [-0.25, -0.2) is 0 Å². The van der Waals surface area contributed by atoms with Crippen molar-refractivity contribution in [2.45, 2.75) is 58.2 Å². The zero-order chi connectivity index (χ0) is 20.3. The highest BCUT2D eigenvalue weighted by Gasteiger charge is 2.36. The van der Waals surface area contributed by atoms with Crippen LogP contribution in [0, 0.1) is 5.92 Å². The summed E-state index contributed by atoms with van der Waals surface area (Å²) in [6.07, 6.45) is 2.94. The van der Waals surface area contributed by atoms with Crippen molar-refractivity contribution in [3.05, 3.63) is 23.8 Å². The molecule has 3 rings (SSSR count). The number of carbonyl (C=O) groups is 2. The van der Waals surface area contributed by atoms with Gasteiger partial charge in [-0.15, -0.1) is 0 Å². The molecular weight excluding hydrogens is 358 g/mol. The molecule has 2 heterocycles. The Morgan fingerprint density at radius 3 is 2.68 bits per heavy atom. The molecule has 1 saturated heterocycles. The number of nitrogens with one attached hydrogen (secondary N) is 2. The summed E-state index contributed by atoms with van der Waals surface area (Å²) in [5.41, 5.74) is 0.650. The Hall–Kier alpha value is -2.28. The van der Waals surface area contributed by atoms with Crippen LogP contribution in [0.1, 0.15) is 45.6 Å². The Labute approximate surface area is 166 Å². The topological polar surface area (TPSA) is 90.9 Å². The van der Waals surface area contributed by atoms with Crippen LogP contribution in [-0.2, 0) is 16.0 Å². The third-order valence-electron chi connectivity index (χ3n) is 5.61. The summed E-state index contributed by atoms with van der Waals surface area (Å²) >= 11 is 0. The van der Waals surface area contributed by atoms with E-state index in [1.807, 2.05) is 36.9 Å². The lowest BCUT2D eigenvalue weighted by Gasteiger charge is -2.38. The molecule has 0 radical (unpaired) electrons. The molecule has 7 heteroatoms. The van der Waals surface area contributed by atoms with Crippen LogP contribution in [0.3, 0.4) is 0 Å². The fourth-order valence-electron chi connectivity index (χ4n) is 3.56. The summed E-state index contributed by atoms with van der Waals surface area (Å²) in [5.74, 6) is 0.554. The fourth-order valence-corrected chi connectivity index (χ4v) is 3.56. The number of anilines is 1. The van der Waals surface area contributed by atoms with Crippen LogP contribution < -0.4 is 15.4 Å². The Kier molecular flexibility index (Phi) is 6.13. The molecule has 0 unspecified atom stereocenters. The molecule has 0 bridgehead atoms. The largest absolute Gasteiger partial charge is 0.486 e. The first-order valence-electron chi connectivity index (χ1n) is 10.1. The summed E-state index contributed by atoms with van der Waals surface area (Å²) in [5, 5.41) is 16.5. The van der Waals surface area contributed by atoms with Crippen molar-refractivity contribution in [2.75, 3.05) is 25.0 Å². The van der Waals surface area contributed by atoms with E-state index in [4.69, 9.17) is 4.74 Å². The number of hydrogen-bond donors (Lipinski definition) is 3. The van der Waals surface area contributed by atoms with Gasteiger partial charge in [0.1, 0.15) is 18.4 Å². The number of benzene rings is 1. The molecule has 2 atom stereocenters. The molecule has 28 heavy (non-hydrogen) atoms. The van der Waals surface area contributed by atoms with Gasteiger partial charge >= 0.3 is 0 Å². The molecule has 1 aromatic carbocycles. The third-order valence-corrected chi connectivity index (χ3v) is 5.61. The van der Waals surface area contributed by atoms with E-state index in [1.165, 1.54) is 0 Å². The summed E-state index contributed by atoms with van der Waals surface area (Å²) < 4.78 is 5.74. The average Bonchev–Trinajstić information content (AvgIpc) is 3.20. The van der Waals surface area contributed by atoms with Crippen molar-refractivity contribution >= 4 is 17.5 Å². The standard InChI is InChI=1S/C21H31N3O4/c1-14(2)21(27)13-28-18-12-16(6-8-17(18)23-21)7-9-19(25)22-15(3)20(26)24-10-4-5-11-24/h6,8,12,14-15,23,27H,4-5,7,9-11,13H2,1-3H3,(H,22,25)/t15-,21+/m0/s1. The zero-order valence-corrected chi connectivity index (χ0v) is 17.0. The van der Waals surface area contributed by atoms with E-state index < -0.39 is 11.8 Å². The minimum absolute atomic E-state index is 0.00301. The molecule has 7 nitrogen and oxygen atoms in total. The highest BCUT2D eigenvalue weighted by Crippen LogP contribution is 2.35. The predicted octanol–water partition coefficient (Wildman–Crippen LogP) is 1.90. The third kappa shape index (κ3) is 4.58. The highest BCUT2D eigenvalue weighted by molar-refractivity contribution is 5.87. The van der Waals surface area contributed by atoms with Crippen molar-refractivity contribution < 1.29 is 19.4 Å². The smallest absolute Gasteiger partial charge is 0.244 e. The van der Waals surface area contributed by atoms with Crippen molar-refractivity contribution in [3.8, 4) is 5.75 Å². The van der Waals surface area contributed by atoms with Gasteiger partial charge in [-0.05, 0) is 43.9 Å². The summed E-state index contributed by atoms with van der Waals surface area (Å²) in [7, 11) is 0. The van der Waals surface area contributed by atoms with E-state index in [-0.39, 0.29) is 24.3 Å². The van der Waals surface area contributed by atoms with Gasteiger partial charge in [0.2, 0.25) is 11.8 Å². The zero-order valence-electron chi connectivity index (χ0n) is 17.0. The van der Waals surface area contributed by atoms with Crippen LogP contribution in [0.2, 0.25) is 0 Å². The molecule has 154 valence electrons. The SMILES string of the molecule is CC(C)[C@]1(O)COc2cc(CCC(=O)N[C@@H](C)C(=O)N3CCCC3)ccc2N1. The molecule has 3 N–H and O–H groups in total. The first kappa shape index (κ1) is 20.5. The number of carbonyl (C=O) groups excluding carboxylic acids is 2. The second-order valence-corrected chi connectivity index (χ2v) is 8.14. The molecule has 0 saturated carbocycles. The minimum Gasteiger partial charge on any atom is -0.486 e. The Morgan fingerprint density at radius 1 is 1.29 bits per heavy atom. The maximum Gasteiger partial charge on any atom is 0.244 e. The predicted molar refractivity (Wildman–Crippen MR) is 107 cm³/mol. The highest BCUT2D eigenvalue weighted by atomic mass is 16.5. The molecule has 2 amide bonds. The number of likely N-dealkylation sites (tertiary alicyclic amines) is 1. The Morgan fingerprint density at radius 2 is 2.00 bits per heavy atom. The maximum atomic E-state index is 12.3. The first-order valence-corrected chi connectivity index (χ1v) is 10.1. The second kappa shape index (κ2) is 8.39. The number of fused-ring (bicyclic) bond motifs is 1. The first-order chi connectivity index (χ1) is 13.3. The van der Waals surface area contributed by atoms with E-state index in [1.54, 1.807) is 6.92 Å². The number of ether oxygens (including phenoxy) is 1. The van der Waals surface area contributed by atoms with Gasteiger partial charge in [-0.3, -0.25) is 9.59 Å². The molecule has 1 fully saturated rings. The van der Waals surface area contributed by atoms with Crippen LogP contribution in [0.5, 0.6) is 5.75 Å². The summed E-state index contributed by atoms with van der Waals surface area (Å²) in [4.78, 5) is 26.3. The molecule has 2 aliphatic heterocycles. The molecular formula is C21H31N3O4. The van der Waals surface area contributed by atoms with Gasteiger partial charge in [0, 0.05) is 25.4 Å². The summed E-state index contributed by atoms with van der Waals surface area (Å²) in [6, 6.07) is 5.20.